The molecular weight excluding hydrogens is 365 g/mol. The smallest absolute Gasteiger partial charge is 0.341 e. The van der Waals surface area contributed by atoms with E-state index in [9.17, 15) is 14.4 Å². The minimum atomic E-state index is -1.08. The van der Waals surface area contributed by atoms with Gasteiger partial charge in [0.05, 0.1) is 15.6 Å². The molecule has 0 aliphatic heterocycles. The molecular formula is C18H15Cl2NO4. The number of carbonyl (C=O) groups excluding carboxylic acids is 3. The van der Waals surface area contributed by atoms with E-state index in [1.165, 1.54) is 26.0 Å². The van der Waals surface area contributed by atoms with Gasteiger partial charge in [0.15, 0.2) is 11.9 Å². The van der Waals surface area contributed by atoms with E-state index in [1.54, 1.807) is 30.3 Å². The second-order valence-electron chi connectivity index (χ2n) is 5.27. The lowest BCUT2D eigenvalue weighted by molar-refractivity contribution is -0.123. The van der Waals surface area contributed by atoms with Crippen LogP contribution in [-0.4, -0.2) is 23.8 Å². The van der Waals surface area contributed by atoms with Gasteiger partial charge in [-0.25, -0.2) is 4.79 Å². The third-order valence-electron chi connectivity index (χ3n) is 3.36. The highest BCUT2D eigenvalue weighted by Crippen LogP contribution is 2.25. The third kappa shape index (κ3) is 4.81. The highest BCUT2D eigenvalue weighted by atomic mass is 35.5. The van der Waals surface area contributed by atoms with Crippen LogP contribution in [0.4, 0.5) is 5.69 Å². The van der Waals surface area contributed by atoms with E-state index in [4.69, 9.17) is 27.9 Å². The number of nitrogens with one attached hydrogen (secondary N) is 1. The van der Waals surface area contributed by atoms with Crippen molar-refractivity contribution in [2.45, 2.75) is 20.0 Å². The van der Waals surface area contributed by atoms with Crippen molar-refractivity contribution in [3.05, 3.63) is 63.6 Å². The number of anilines is 1. The Bertz CT molecular complexity index is 815. The van der Waals surface area contributed by atoms with E-state index in [0.29, 0.717) is 11.3 Å². The summed E-state index contributed by atoms with van der Waals surface area (Å²) in [6, 6.07) is 11.1. The molecule has 130 valence electrons. The lowest BCUT2D eigenvalue weighted by Gasteiger charge is -2.15. The lowest BCUT2D eigenvalue weighted by atomic mass is 10.1. The first-order valence-electron chi connectivity index (χ1n) is 7.36. The summed E-state index contributed by atoms with van der Waals surface area (Å²) in [5, 5.41) is 2.87. The zero-order chi connectivity index (χ0) is 18.6. The molecule has 0 saturated carbocycles. The summed E-state index contributed by atoms with van der Waals surface area (Å²) in [6.45, 7) is 2.85. The minimum absolute atomic E-state index is 0.00376. The summed E-state index contributed by atoms with van der Waals surface area (Å²) in [7, 11) is 0. The Labute approximate surface area is 154 Å². The van der Waals surface area contributed by atoms with E-state index < -0.39 is 18.0 Å². The van der Waals surface area contributed by atoms with Gasteiger partial charge in [0, 0.05) is 11.3 Å². The molecule has 0 saturated heterocycles. The van der Waals surface area contributed by atoms with Gasteiger partial charge in [-0.3, -0.25) is 9.59 Å². The Morgan fingerprint density at radius 1 is 1.04 bits per heavy atom. The topological polar surface area (TPSA) is 72.5 Å². The molecule has 0 radical (unpaired) electrons. The summed E-state index contributed by atoms with van der Waals surface area (Å²) in [6.07, 6.45) is -1.08. The summed E-state index contributed by atoms with van der Waals surface area (Å²) >= 11 is 11.9. The monoisotopic (exact) mass is 379 g/mol. The highest BCUT2D eigenvalue weighted by molar-refractivity contribution is 6.39. The van der Waals surface area contributed by atoms with E-state index in [0.717, 1.165) is 0 Å². The highest BCUT2D eigenvalue weighted by Gasteiger charge is 2.22. The van der Waals surface area contributed by atoms with Crippen LogP contribution in [0, 0.1) is 0 Å². The predicted octanol–water partition coefficient (Wildman–Crippen LogP) is 4.38. The molecule has 1 atom stereocenters. The molecule has 1 unspecified atom stereocenters. The zero-order valence-corrected chi connectivity index (χ0v) is 15.0. The molecule has 1 amide bonds. The largest absolute Gasteiger partial charge is 0.449 e. The molecule has 2 rings (SSSR count). The van der Waals surface area contributed by atoms with Gasteiger partial charge >= 0.3 is 5.97 Å². The molecule has 0 aliphatic carbocycles. The molecule has 2 aromatic rings. The maximum atomic E-state index is 12.2. The van der Waals surface area contributed by atoms with Crippen molar-refractivity contribution in [2.24, 2.45) is 0 Å². The zero-order valence-electron chi connectivity index (χ0n) is 13.5. The summed E-state index contributed by atoms with van der Waals surface area (Å²) in [5.41, 5.74) is 0.894. The number of hydrogen-bond acceptors (Lipinski definition) is 4. The average molecular weight is 380 g/mol. The number of ether oxygens (including phenoxy) is 1. The number of amides is 1. The van der Waals surface area contributed by atoms with Crippen LogP contribution in [0.1, 0.15) is 34.6 Å². The molecule has 0 bridgehead atoms. The van der Waals surface area contributed by atoms with Gasteiger partial charge in [-0.15, -0.1) is 0 Å². The fraction of sp³-hybridized carbons (Fsp3) is 0.167. The van der Waals surface area contributed by atoms with Gasteiger partial charge in [-0.2, -0.15) is 0 Å². The first-order chi connectivity index (χ1) is 11.8. The van der Waals surface area contributed by atoms with Crippen molar-refractivity contribution >= 4 is 46.5 Å². The molecule has 7 heteroatoms. The van der Waals surface area contributed by atoms with Crippen LogP contribution in [0.3, 0.4) is 0 Å². The van der Waals surface area contributed by atoms with Crippen LogP contribution in [0.2, 0.25) is 10.0 Å². The van der Waals surface area contributed by atoms with Gasteiger partial charge in [-0.1, -0.05) is 41.4 Å². The van der Waals surface area contributed by atoms with E-state index >= 15 is 0 Å². The van der Waals surface area contributed by atoms with Gasteiger partial charge in [0.25, 0.3) is 5.91 Å². The van der Waals surface area contributed by atoms with Crippen molar-refractivity contribution < 1.29 is 19.1 Å². The van der Waals surface area contributed by atoms with Gasteiger partial charge < -0.3 is 10.1 Å². The lowest BCUT2D eigenvalue weighted by Crippen LogP contribution is -2.30. The van der Waals surface area contributed by atoms with Crippen molar-refractivity contribution in [3.63, 3.8) is 0 Å². The molecule has 0 spiro atoms. The molecule has 2 aromatic carbocycles. The number of benzene rings is 2. The van der Waals surface area contributed by atoms with Crippen LogP contribution in [0.15, 0.2) is 42.5 Å². The molecule has 25 heavy (non-hydrogen) atoms. The van der Waals surface area contributed by atoms with Crippen molar-refractivity contribution in [1.82, 2.24) is 0 Å². The van der Waals surface area contributed by atoms with Crippen LogP contribution in [0.25, 0.3) is 0 Å². The maximum absolute atomic E-state index is 12.2. The maximum Gasteiger partial charge on any atom is 0.341 e. The third-order valence-corrected chi connectivity index (χ3v) is 3.99. The number of hydrogen-bond donors (Lipinski definition) is 1. The predicted molar refractivity (Wildman–Crippen MR) is 96.4 cm³/mol. The van der Waals surface area contributed by atoms with Gasteiger partial charge in [0.1, 0.15) is 0 Å². The Morgan fingerprint density at radius 3 is 2.24 bits per heavy atom. The Morgan fingerprint density at radius 2 is 1.64 bits per heavy atom. The Kier molecular flexibility index (Phi) is 6.17. The molecule has 1 N–H and O–H groups in total. The minimum Gasteiger partial charge on any atom is -0.449 e. The Balaban J connectivity index is 2.06. The van der Waals surface area contributed by atoms with Gasteiger partial charge in [0.2, 0.25) is 0 Å². The number of esters is 1. The van der Waals surface area contributed by atoms with E-state index in [-0.39, 0.29) is 21.4 Å². The van der Waals surface area contributed by atoms with E-state index in [2.05, 4.69) is 5.32 Å². The quantitative estimate of drug-likeness (QED) is 0.617. The molecule has 0 fully saturated rings. The summed E-state index contributed by atoms with van der Waals surface area (Å²) in [4.78, 5) is 35.7. The van der Waals surface area contributed by atoms with Crippen LogP contribution < -0.4 is 5.32 Å². The fourth-order valence-electron chi connectivity index (χ4n) is 2.03. The number of ketones is 1. The normalized spacial score (nSPS) is 11.5. The second kappa shape index (κ2) is 8.14. The van der Waals surface area contributed by atoms with Crippen LogP contribution in [0.5, 0.6) is 0 Å². The second-order valence-corrected chi connectivity index (χ2v) is 6.08. The molecule has 0 aromatic heterocycles. The fourth-order valence-corrected chi connectivity index (χ4v) is 2.58. The number of rotatable bonds is 5. The SMILES string of the molecule is CC(=O)c1cccc(NC(=O)C(C)OC(=O)c2c(Cl)cccc2Cl)c1. The average Bonchev–Trinajstić information content (AvgIpc) is 2.54. The van der Waals surface area contributed by atoms with Crippen LogP contribution in [-0.2, 0) is 9.53 Å². The molecule has 0 heterocycles. The first kappa shape index (κ1) is 19.0. The van der Waals surface area contributed by atoms with E-state index in [1.807, 2.05) is 0 Å². The van der Waals surface area contributed by atoms with Crippen molar-refractivity contribution in [3.8, 4) is 0 Å². The van der Waals surface area contributed by atoms with Crippen molar-refractivity contribution in [2.75, 3.05) is 5.32 Å². The number of halogens is 2. The molecule has 5 nitrogen and oxygen atoms in total. The van der Waals surface area contributed by atoms with Gasteiger partial charge in [-0.05, 0) is 38.1 Å². The standard InChI is InChI=1S/C18H15Cl2NO4/c1-10(22)12-5-3-6-13(9-12)21-17(23)11(2)25-18(24)16-14(19)7-4-8-15(16)20/h3-9,11H,1-2H3,(H,21,23). The van der Waals surface area contributed by atoms with Crippen molar-refractivity contribution in [1.29, 1.82) is 0 Å². The van der Waals surface area contributed by atoms with Crippen LogP contribution >= 0.6 is 23.2 Å². The Hall–Kier alpha value is -2.37. The number of carbonyl (C=O) groups is 3. The first-order valence-corrected chi connectivity index (χ1v) is 8.12. The number of Topliss-reactive ketones (excluding diaryl/α,β-unsaturated/α-hetero) is 1. The summed E-state index contributed by atoms with van der Waals surface area (Å²) in [5.74, 6) is -1.46. The summed E-state index contributed by atoms with van der Waals surface area (Å²) < 4.78 is 5.12. The molecule has 0 aliphatic rings.